The van der Waals surface area contributed by atoms with E-state index in [-0.39, 0.29) is 30.2 Å². The van der Waals surface area contributed by atoms with Crippen molar-refractivity contribution >= 4 is 17.0 Å². The first-order valence-corrected chi connectivity index (χ1v) is 10.8. The predicted octanol–water partition coefficient (Wildman–Crippen LogP) is 5.72. The summed E-state index contributed by atoms with van der Waals surface area (Å²) in [6, 6.07) is 0. The van der Waals surface area contributed by atoms with E-state index in [0.29, 0.717) is 13.1 Å². The third kappa shape index (κ3) is 22.3. The molecule has 0 unspecified atom stereocenters. The Morgan fingerprint density at radius 3 is 1.12 bits per heavy atom. The summed E-state index contributed by atoms with van der Waals surface area (Å²) < 4.78 is 0. The van der Waals surface area contributed by atoms with Crippen LogP contribution in [0.1, 0.15) is 103 Å². The average molecular weight is 425 g/mol. The van der Waals surface area contributed by atoms with Crippen molar-refractivity contribution < 1.29 is 10.2 Å². The van der Waals surface area contributed by atoms with Gasteiger partial charge in [0.25, 0.3) is 0 Å². The lowest BCUT2D eigenvalue weighted by Crippen LogP contribution is -2.30. The van der Waals surface area contributed by atoms with Crippen LogP contribution in [-0.4, -0.2) is 48.0 Å². The third-order valence-electron chi connectivity index (χ3n) is 4.91. The monoisotopic (exact) mass is 423 g/mol. The van der Waals surface area contributed by atoms with Crippen LogP contribution in [0.3, 0.4) is 0 Å². The zero-order chi connectivity index (χ0) is 17.7. The Balaban J connectivity index is 0. The number of unbranched alkanes of at least 4 members (excludes halogenated alkanes) is 14. The zero-order valence-electron chi connectivity index (χ0n) is 16.9. The smallest absolute Gasteiger partial charge is 0.0558 e. The van der Waals surface area contributed by atoms with Crippen molar-refractivity contribution in [1.82, 2.24) is 4.90 Å². The van der Waals surface area contributed by atoms with E-state index in [0.717, 1.165) is 6.54 Å². The van der Waals surface area contributed by atoms with Gasteiger partial charge in [-0.3, -0.25) is 4.90 Å². The zero-order valence-corrected chi connectivity index (χ0v) is 18.6. The van der Waals surface area contributed by atoms with Crippen LogP contribution in [0, 0.1) is 0 Å². The van der Waals surface area contributed by atoms with Crippen LogP contribution in [0.25, 0.3) is 0 Å². The van der Waals surface area contributed by atoms with Crippen LogP contribution in [0.2, 0.25) is 0 Å². The van der Waals surface area contributed by atoms with Gasteiger partial charge >= 0.3 is 0 Å². The van der Waals surface area contributed by atoms with E-state index in [1.165, 1.54) is 96.3 Å². The van der Waals surface area contributed by atoms with Gasteiger partial charge in [0.1, 0.15) is 0 Å². The van der Waals surface area contributed by atoms with Crippen LogP contribution in [0.5, 0.6) is 0 Å². The molecule has 25 heavy (non-hydrogen) atoms. The van der Waals surface area contributed by atoms with Crippen LogP contribution < -0.4 is 0 Å². The molecule has 0 rings (SSSR count). The van der Waals surface area contributed by atoms with E-state index in [9.17, 15) is 0 Å². The number of halogens is 1. The van der Waals surface area contributed by atoms with E-state index >= 15 is 0 Å². The Morgan fingerprint density at radius 1 is 0.480 bits per heavy atom. The van der Waals surface area contributed by atoms with Crippen LogP contribution >= 0.6 is 17.0 Å². The lowest BCUT2D eigenvalue weighted by Gasteiger charge is -2.19. The van der Waals surface area contributed by atoms with E-state index in [1.54, 1.807) is 0 Å². The molecule has 2 N–H and O–H groups in total. The fourth-order valence-electron chi connectivity index (χ4n) is 3.32. The topological polar surface area (TPSA) is 43.7 Å². The number of aliphatic hydroxyl groups excluding tert-OH is 2. The summed E-state index contributed by atoms with van der Waals surface area (Å²) >= 11 is 0. The minimum absolute atomic E-state index is 0. The van der Waals surface area contributed by atoms with Crippen molar-refractivity contribution in [3.8, 4) is 0 Å². The van der Waals surface area contributed by atoms with Crippen molar-refractivity contribution in [2.45, 2.75) is 103 Å². The average Bonchev–Trinajstić information content (AvgIpc) is 2.58. The minimum atomic E-state index is 0. The highest BCUT2D eigenvalue weighted by Gasteiger charge is 2.02. The van der Waals surface area contributed by atoms with Crippen LogP contribution in [0.15, 0.2) is 0 Å². The van der Waals surface area contributed by atoms with E-state index < -0.39 is 0 Å². The van der Waals surface area contributed by atoms with Crippen LogP contribution in [-0.2, 0) is 0 Å². The number of hydrogen-bond acceptors (Lipinski definition) is 3. The highest BCUT2D eigenvalue weighted by Crippen LogP contribution is 2.13. The van der Waals surface area contributed by atoms with Gasteiger partial charge in [0.15, 0.2) is 0 Å². The van der Waals surface area contributed by atoms with Gasteiger partial charge < -0.3 is 10.2 Å². The standard InChI is InChI=1S/C21H45NO2.BrH/c1-2-3-4-5-6-7-8-9-10-11-12-13-14-15-16-17-22(18-20-23)19-21-24;/h23-24H,2-21H2,1H3;1H. The second-order valence-electron chi connectivity index (χ2n) is 7.24. The van der Waals surface area contributed by atoms with Gasteiger partial charge in [-0.1, -0.05) is 96.8 Å². The highest BCUT2D eigenvalue weighted by atomic mass is 79.9. The largest absolute Gasteiger partial charge is 0.395 e. The summed E-state index contributed by atoms with van der Waals surface area (Å²) in [7, 11) is 0. The Labute approximate surface area is 168 Å². The Kier molecular flexibility index (Phi) is 26.9. The summed E-state index contributed by atoms with van der Waals surface area (Å²) in [5, 5.41) is 17.9. The molecular formula is C21H46BrNO2. The van der Waals surface area contributed by atoms with Gasteiger partial charge in [-0.05, 0) is 13.0 Å². The molecular weight excluding hydrogens is 378 g/mol. The highest BCUT2D eigenvalue weighted by molar-refractivity contribution is 8.93. The first-order valence-electron chi connectivity index (χ1n) is 10.8. The summed E-state index contributed by atoms with van der Waals surface area (Å²) in [5.74, 6) is 0. The summed E-state index contributed by atoms with van der Waals surface area (Å²) in [6.45, 7) is 5.07. The second kappa shape index (κ2) is 24.4. The molecule has 0 aliphatic rings. The first-order chi connectivity index (χ1) is 11.8. The molecule has 0 atom stereocenters. The lowest BCUT2D eigenvalue weighted by atomic mass is 10.0. The van der Waals surface area contributed by atoms with Gasteiger partial charge in [-0.2, -0.15) is 0 Å². The predicted molar refractivity (Wildman–Crippen MR) is 116 cm³/mol. The van der Waals surface area contributed by atoms with Crippen LogP contribution in [0.4, 0.5) is 0 Å². The SMILES string of the molecule is Br.CCCCCCCCCCCCCCCCCN(CCO)CCO. The van der Waals surface area contributed by atoms with E-state index in [2.05, 4.69) is 11.8 Å². The third-order valence-corrected chi connectivity index (χ3v) is 4.91. The van der Waals surface area contributed by atoms with E-state index in [4.69, 9.17) is 10.2 Å². The molecule has 0 spiro atoms. The summed E-state index contributed by atoms with van der Waals surface area (Å²) in [6.07, 6.45) is 20.8. The molecule has 0 saturated carbocycles. The molecule has 0 aliphatic carbocycles. The number of aliphatic hydroxyl groups is 2. The molecule has 0 bridgehead atoms. The Bertz CT molecular complexity index is 224. The normalized spacial score (nSPS) is 11.0. The van der Waals surface area contributed by atoms with Crippen molar-refractivity contribution in [3.05, 3.63) is 0 Å². The molecule has 0 aromatic rings. The second-order valence-corrected chi connectivity index (χ2v) is 7.24. The van der Waals surface area contributed by atoms with Gasteiger partial charge in [0, 0.05) is 13.1 Å². The maximum Gasteiger partial charge on any atom is 0.0558 e. The number of nitrogens with zero attached hydrogens (tertiary/aromatic N) is 1. The van der Waals surface area contributed by atoms with Gasteiger partial charge in [0.05, 0.1) is 13.2 Å². The van der Waals surface area contributed by atoms with Crippen molar-refractivity contribution in [2.75, 3.05) is 32.8 Å². The van der Waals surface area contributed by atoms with Crippen molar-refractivity contribution in [1.29, 1.82) is 0 Å². The molecule has 4 heteroatoms. The molecule has 0 fully saturated rings. The molecule has 154 valence electrons. The van der Waals surface area contributed by atoms with Crippen molar-refractivity contribution in [2.24, 2.45) is 0 Å². The Morgan fingerprint density at radius 2 is 0.800 bits per heavy atom. The first kappa shape index (κ1) is 27.6. The Hall–Kier alpha value is 0.360. The molecule has 0 aromatic heterocycles. The molecule has 0 aromatic carbocycles. The number of hydrogen-bond donors (Lipinski definition) is 2. The van der Waals surface area contributed by atoms with Gasteiger partial charge in [0.2, 0.25) is 0 Å². The summed E-state index contributed by atoms with van der Waals surface area (Å²) in [5.41, 5.74) is 0. The fourth-order valence-corrected chi connectivity index (χ4v) is 3.32. The van der Waals surface area contributed by atoms with Gasteiger partial charge in [-0.15, -0.1) is 17.0 Å². The molecule has 0 amide bonds. The van der Waals surface area contributed by atoms with Gasteiger partial charge in [-0.25, -0.2) is 0 Å². The molecule has 3 nitrogen and oxygen atoms in total. The summed E-state index contributed by atoms with van der Waals surface area (Å²) in [4.78, 5) is 2.16. The maximum atomic E-state index is 8.97. The molecule has 0 aliphatic heterocycles. The molecule has 0 heterocycles. The molecule has 0 saturated heterocycles. The minimum Gasteiger partial charge on any atom is -0.395 e. The lowest BCUT2D eigenvalue weighted by molar-refractivity contribution is 0.159. The van der Waals surface area contributed by atoms with Crippen molar-refractivity contribution in [3.63, 3.8) is 0 Å². The maximum absolute atomic E-state index is 8.97. The van der Waals surface area contributed by atoms with E-state index in [1.807, 2.05) is 0 Å². The molecule has 0 radical (unpaired) electrons. The quantitative estimate of drug-likeness (QED) is 0.246. The fraction of sp³-hybridized carbons (Fsp3) is 1.00. The number of rotatable bonds is 20.